The van der Waals surface area contributed by atoms with Crippen molar-refractivity contribution in [3.8, 4) is 44.5 Å². The number of rotatable bonds is 3. The summed E-state index contributed by atoms with van der Waals surface area (Å²) in [6, 6.07) is 79.7. The molecule has 0 unspecified atom stereocenters. The number of anilines is 3. The minimum atomic E-state index is -0.427. The van der Waals surface area contributed by atoms with Crippen LogP contribution in [-0.4, -0.2) is 0 Å². The van der Waals surface area contributed by atoms with Crippen LogP contribution >= 0.6 is 0 Å². The molecule has 1 nitrogen and oxygen atoms in total. The fraction of sp³-hybridized carbons (Fsp3) is 0.0357. The maximum Gasteiger partial charge on any atom is 0.0726 e. The van der Waals surface area contributed by atoms with E-state index in [9.17, 15) is 0 Å². The highest BCUT2D eigenvalue weighted by Gasteiger charge is 2.54. The molecule has 264 valence electrons. The normalized spacial score (nSPS) is 14.6. The summed E-state index contributed by atoms with van der Waals surface area (Å²) in [5.41, 5.74) is 23.9. The second kappa shape index (κ2) is 11.2. The van der Waals surface area contributed by atoms with Gasteiger partial charge in [-0.2, -0.15) is 0 Å². The van der Waals surface area contributed by atoms with Gasteiger partial charge >= 0.3 is 0 Å². The van der Waals surface area contributed by atoms with E-state index in [2.05, 4.69) is 217 Å². The van der Waals surface area contributed by atoms with Gasteiger partial charge in [0.25, 0.3) is 0 Å². The molecule has 2 spiro atoms. The van der Waals surface area contributed by atoms with E-state index < -0.39 is 10.8 Å². The highest BCUT2D eigenvalue weighted by Crippen LogP contribution is 2.66. The van der Waals surface area contributed by atoms with Crippen LogP contribution in [0.3, 0.4) is 0 Å². The Kier molecular flexibility index (Phi) is 6.09. The van der Waals surface area contributed by atoms with Crippen LogP contribution in [-0.2, 0) is 10.8 Å². The van der Waals surface area contributed by atoms with E-state index in [1.165, 1.54) is 94.7 Å². The Labute approximate surface area is 332 Å². The molecule has 0 fully saturated rings. The third-order valence-corrected chi connectivity index (χ3v) is 13.5. The molecule has 9 aromatic carbocycles. The second-order valence-electron chi connectivity index (χ2n) is 15.9. The van der Waals surface area contributed by atoms with Crippen molar-refractivity contribution in [1.29, 1.82) is 0 Å². The molecule has 0 N–H and O–H groups in total. The van der Waals surface area contributed by atoms with Gasteiger partial charge in [0.15, 0.2) is 0 Å². The van der Waals surface area contributed by atoms with Crippen molar-refractivity contribution < 1.29 is 0 Å². The molecule has 0 radical (unpaired) electrons. The number of nitrogens with zero attached hydrogens (tertiary/aromatic N) is 1. The SMILES string of the molecule is c1ccc(N(c2ccc3c(c2)C2(c4ccccc4-c4ccccc42)c2ccccc2-3)c2cccc3c2-c2ccccc2C32c3ccccc3-c3ccccc32)cc1. The Morgan fingerprint density at radius 3 is 1.11 bits per heavy atom. The largest absolute Gasteiger partial charge is 0.310 e. The maximum atomic E-state index is 2.52. The molecule has 0 atom stereocenters. The van der Waals surface area contributed by atoms with Gasteiger partial charge in [-0.3, -0.25) is 0 Å². The maximum absolute atomic E-state index is 2.52. The highest BCUT2D eigenvalue weighted by atomic mass is 15.1. The summed E-state index contributed by atoms with van der Waals surface area (Å²) in [6.45, 7) is 0. The van der Waals surface area contributed by atoms with Crippen LogP contribution in [0.25, 0.3) is 44.5 Å². The van der Waals surface area contributed by atoms with E-state index in [1.807, 2.05) is 0 Å². The van der Waals surface area contributed by atoms with Crippen LogP contribution in [0.15, 0.2) is 212 Å². The Hall–Kier alpha value is -7.22. The molecule has 0 saturated heterocycles. The predicted molar refractivity (Wildman–Crippen MR) is 234 cm³/mol. The van der Waals surface area contributed by atoms with E-state index in [0.29, 0.717) is 0 Å². The van der Waals surface area contributed by atoms with E-state index in [1.54, 1.807) is 0 Å². The van der Waals surface area contributed by atoms with Gasteiger partial charge in [0.05, 0.1) is 16.5 Å². The summed E-state index contributed by atoms with van der Waals surface area (Å²) in [6.07, 6.45) is 0. The van der Waals surface area contributed by atoms with Crippen molar-refractivity contribution in [2.24, 2.45) is 0 Å². The van der Waals surface area contributed by atoms with E-state index in [4.69, 9.17) is 0 Å². The number of benzene rings is 9. The average Bonchev–Trinajstić information content (AvgIpc) is 3.96. The average molecular weight is 722 g/mol. The Morgan fingerprint density at radius 2 is 0.614 bits per heavy atom. The number of hydrogen-bond acceptors (Lipinski definition) is 1. The molecule has 0 amide bonds. The van der Waals surface area contributed by atoms with E-state index in [-0.39, 0.29) is 0 Å². The zero-order chi connectivity index (χ0) is 37.3. The predicted octanol–water partition coefficient (Wildman–Crippen LogP) is 13.8. The molecule has 4 aliphatic rings. The lowest BCUT2D eigenvalue weighted by Crippen LogP contribution is -2.26. The van der Waals surface area contributed by atoms with Gasteiger partial charge in [0, 0.05) is 16.9 Å². The third-order valence-electron chi connectivity index (χ3n) is 13.5. The first-order chi connectivity index (χ1) is 28.3. The summed E-state index contributed by atoms with van der Waals surface area (Å²) in [4.78, 5) is 2.52. The molecule has 0 aromatic heterocycles. The van der Waals surface area contributed by atoms with Crippen LogP contribution < -0.4 is 4.90 Å². The standard InChI is InChI=1S/C56H35N/c1-2-17-36(18-3-1)57(37-33-34-43-42-23-8-14-29-49(42)56(52(43)35-37)47-27-12-6-21-40(47)41-22-7-13-28-48(41)56)53-32-16-31-51-54(53)44-24-9-15-30-50(44)55(51)45-25-10-4-19-38(45)39-20-5-11-26-46(39)55/h1-35H. The Bertz CT molecular complexity index is 3040. The van der Waals surface area contributed by atoms with Crippen molar-refractivity contribution in [2.75, 3.05) is 4.90 Å². The zero-order valence-electron chi connectivity index (χ0n) is 31.2. The van der Waals surface area contributed by atoms with Gasteiger partial charge in [-0.1, -0.05) is 182 Å². The summed E-state index contributed by atoms with van der Waals surface area (Å²) >= 11 is 0. The lowest BCUT2D eigenvalue weighted by molar-refractivity contribution is 0.793. The smallest absolute Gasteiger partial charge is 0.0726 e. The number of para-hydroxylation sites is 1. The van der Waals surface area contributed by atoms with Gasteiger partial charge in [0.2, 0.25) is 0 Å². The quantitative estimate of drug-likeness (QED) is 0.176. The van der Waals surface area contributed by atoms with E-state index in [0.717, 1.165) is 11.4 Å². The second-order valence-corrected chi connectivity index (χ2v) is 15.9. The van der Waals surface area contributed by atoms with Crippen molar-refractivity contribution in [1.82, 2.24) is 0 Å². The van der Waals surface area contributed by atoms with E-state index >= 15 is 0 Å². The van der Waals surface area contributed by atoms with Crippen molar-refractivity contribution in [2.45, 2.75) is 10.8 Å². The topological polar surface area (TPSA) is 3.24 Å². The first-order valence-electron chi connectivity index (χ1n) is 20.0. The highest BCUT2D eigenvalue weighted by molar-refractivity contribution is 6.02. The number of hydrogen-bond donors (Lipinski definition) is 0. The minimum Gasteiger partial charge on any atom is -0.310 e. The van der Waals surface area contributed by atoms with Crippen molar-refractivity contribution in [3.63, 3.8) is 0 Å². The van der Waals surface area contributed by atoms with Crippen LogP contribution in [0.2, 0.25) is 0 Å². The van der Waals surface area contributed by atoms with Crippen LogP contribution in [0, 0.1) is 0 Å². The van der Waals surface area contributed by atoms with Crippen LogP contribution in [0.4, 0.5) is 17.1 Å². The summed E-state index contributed by atoms with van der Waals surface area (Å²) in [7, 11) is 0. The van der Waals surface area contributed by atoms with Gasteiger partial charge < -0.3 is 4.90 Å². The van der Waals surface area contributed by atoms with Gasteiger partial charge in [-0.15, -0.1) is 0 Å². The Morgan fingerprint density at radius 1 is 0.246 bits per heavy atom. The summed E-state index contributed by atoms with van der Waals surface area (Å²) < 4.78 is 0. The summed E-state index contributed by atoms with van der Waals surface area (Å²) in [5, 5.41) is 0. The first kappa shape index (κ1) is 31.0. The Balaban J connectivity index is 1.11. The van der Waals surface area contributed by atoms with Crippen molar-refractivity contribution >= 4 is 17.1 Å². The fourth-order valence-electron chi connectivity index (χ4n) is 11.5. The molecule has 0 bridgehead atoms. The molecule has 0 saturated carbocycles. The van der Waals surface area contributed by atoms with Gasteiger partial charge in [-0.05, 0) is 114 Å². The van der Waals surface area contributed by atoms with Crippen LogP contribution in [0.1, 0.15) is 44.5 Å². The summed E-state index contributed by atoms with van der Waals surface area (Å²) in [5.74, 6) is 0. The van der Waals surface area contributed by atoms with Crippen LogP contribution in [0.5, 0.6) is 0 Å². The molecule has 1 heteroatoms. The number of fused-ring (bicyclic) bond motifs is 20. The zero-order valence-corrected chi connectivity index (χ0v) is 31.2. The third kappa shape index (κ3) is 3.70. The molecule has 9 aromatic rings. The van der Waals surface area contributed by atoms with Gasteiger partial charge in [0.1, 0.15) is 0 Å². The molecular formula is C56H35N. The molecule has 57 heavy (non-hydrogen) atoms. The molecule has 0 aliphatic heterocycles. The molecule has 4 aliphatic carbocycles. The lowest BCUT2D eigenvalue weighted by atomic mass is 9.70. The molecular weight excluding hydrogens is 687 g/mol. The minimum absolute atomic E-state index is 0.418. The van der Waals surface area contributed by atoms with Crippen molar-refractivity contribution in [3.05, 3.63) is 257 Å². The fourth-order valence-corrected chi connectivity index (χ4v) is 11.5. The molecule has 0 heterocycles. The first-order valence-corrected chi connectivity index (χ1v) is 20.0. The molecule has 13 rings (SSSR count). The lowest BCUT2D eigenvalue weighted by Gasteiger charge is -2.33. The monoisotopic (exact) mass is 721 g/mol. The van der Waals surface area contributed by atoms with Gasteiger partial charge in [-0.25, -0.2) is 0 Å².